The summed E-state index contributed by atoms with van der Waals surface area (Å²) in [6.45, 7) is 4.21. The van der Waals surface area contributed by atoms with Gasteiger partial charge in [-0.2, -0.15) is 5.10 Å². The highest BCUT2D eigenvalue weighted by molar-refractivity contribution is 5.93. The Morgan fingerprint density at radius 2 is 2.13 bits per heavy atom. The predicted octanol–water partition coefficient (Wildman–Crippen LogP) is 2.38. The molecule has 0 bridgehead atoms. The molecule has 1 amide bonds. The number of likely N-dealkylation sites (tertiary alicyclic amines) is 1. The molecule has 5 heteroatoms. The Hall–Kier alpha value is -2.14. The van der Waals surface area contributed by atoms with Gasteiger partial charge in [-0.3, -0.25) is 14.4 Å². The largest absolute Gasteiger partial charge is 0.348 e. The van der Waals surface area contributed by atoms with E-state index < -0.39 is 0 Å². The second-order valence-electron chi connectivity index (χ2n) is 6.30. The Balaban J connectivity index is 1.61. The summed E-state index contributed by atoms with van der Waals surface area (Å²) in [5.41, 5.74) is 1.95. The lowest BCUT2D eigenvalue weighted by atomic mass is 10.00. The molecule has 1 N–H and O–H groups in total. The van der Waals surface area contributed by atoms with Crippen LogP contribution in [0.5, 0.6) is 0 Å². The summed E-state index contributed by atoms with van der Waals surface area (Å²) in [4.78, 5) is 14.7. The minimum Gasteiger partial charge on any atom is -0.348 e. The normalized spacial score (nSPS) is 20.2. The van der Waals surface area contributed by atoms with Gasteiger partial charge in [0.05, 0.1) is 11.8 Å². The van der Waals surface area contributed by atoms with Gasteiger partial charge in [0.1, 0.15) is 0 Å². The van der Waals surface area contributed by atoms with Gasteiger partial charge in [0.2, 0.25) is 0 Å². The number of rotatable bonds is 4. The number of piperidine rings is 1. The molecule has 3 rings (SSSR count). The van der Waals surface area contributed by atoms with Gasteiger partial charge in [-0.15, -0.1) is 0 Å². The van der Waals surface area contributed by atoms with Gasteiger partial charge in [-0.25, -0.2) is 0 Å². The van der Waals surface area contributed by atoms with Gasteiger partial charge in [0.25, 0.3) is 5.91 Å². The van der Waals surface area contributed by atoms with Gasteiger partial charge in [-0.1, -0.05) is 30.3 Å². The molecule has 5 nitrogen and oxygen atoms in total. The highest BCUT2D eigenvalue weighted by Gasteiger charge is 2.25. The second-order valence-corrected chi connectivity index (χ2v) is 6.30. The molecule has 2 atom stereocenters. The summed E-state index contributed by atoms with van der Waals surface area (Å²) in [6, 6.07) is 11.1. The first-order valence-corrected chi connectivity index (χ1v) is 8.22. The number of nitrogens with one attached hydrogen (secondary N) is 1. The van der Waals surface area contributed by atoms with Gasteiger partial charge in [0.15, 0.2) is 0 Å². The molecule has 1 aromatic carbocycles. The number of benzene rings is 1. The van der Waals surface area contributed by atoms with Crippen LogP contribution in [-0.2, 0) is 7.05 Å². The lowest BCUT2D eigenvalue weighted by Gasteiger charge is -2.37. The number of carbonyl (C=O) groups excluding carboxylic acids is 1. The van der Waals surface area contributed by atoms with Crippen LogP contribution in [0.1, 0.15) is 41.7 Å². The number of aryl methyl sites for hydroxylation is 1. The summed E-state index contributed by atoms with van der Waals surface area (Å²) >= 11 is 0. The number of hydrogen-bond acceptors (Lipinski definition) is 3. The summed E-state index contributed by atoms with van der Waals surface area (Å²) in [6.07, 6.45) is 5.50. The smallest absolute Gasteiger partial charge is 0.254 e. The summed E-state index contributed by atoms with van der Waals surface area (Å²) < 4.78 is 1.65. The Kier molecular flexibility index (Phi) is 4.76. The molecule has 1 aliphatic heterocycles. The first-order valence-electron chi connectivity index (χ1n) is 8.22. The molecule has 0 aliphatic carbocycles. The van der Waals surface area contributed by atoms with Crippen molar-refractivity contribution in [1.82, 2.24) is 20.0 Å². The Morgan fingerprint density at radius 1 is 1.35 bits per heavy atom. The zero-order valence-electron chi connectivity index (χ0n) is 13.8. The van der Waals surface area contributed by atoms with Crippen LogP contribution >= 0.6 is 0 Å². The third kappa shape index (κ3) is 3.79. The van der Waals surface area contributed by atoms with Crippen molar-refractivity contribution in [2.45, 2.75) is 31.8 Å². The van der Waals surface area contributed by atoms with Crippen molar-refractivity contribution in [3.8, 4) is 0 Å². The van der Waals surface area contributed by atoms with Gasteiger partial charge in [-0.05, 0) is 31.9 Å². The van der Waals surface area contributed by atoms with Crippen LogP contribution in [0.2, 0.25) is 0 Å². The van der Waals surface area contributed by atoms with Crippen molar-refractivity contribution in [3.63, 3.8) is 0 Å². The molecule has 0 radical (unpaired) electrons. The monoisotopic (exact) mass is 312 g/mol. The van der Waals surface area contributed by atoms with E-state index in [1.165, 1.54) is 5.56 Å². The average Bonchev–Trinajstić information content (AvgIpc) is 3.02. The molecule has 2 heterocycles. The Labute approximate surface area is 137 Å². The summed E-state index contributed by atoms with van der Waals surface area (Å²) in [5, 5.41) is 7.21. The molecule has 1 aromatic heterocycles. The fourth-order valence-corrected chi connectivity index (χ4v) is 3.23. The maximum atomic E-state index is 12.3. The third-order valence-electron chi connectivity index (χ3n) is 4.58. The molecule has 0 spiro atoms. The van der Waals surface area contributed by atoms with Crippen LogP contribution in [0.25, 0.3) is 0 Å². The van der Waals surface area contributed by atoms with E-state index in [1.54, 1.807) is 17.1 Å². The highest BCUT2D eigenvalue weighted by Crippen LogP contribution is 2.24. The average molecular weight is 312 g/mol. The van der Waals surface area contributed by atoms with Crippen molar-refractivity contribution in [1.29, 1.82) is 0 Å². The van der Waals surface area contributed by atoms with Crippen LogP contribution in [0.4, 0.5) is 0 Å². The van der Waals surface area contributed by atoms with Gasteiger partial charge < -0.3 is 5.32 Å². The number of hydrogen-bond donors (Lipinski definition) is 1. The molecular formula is C18H24N4O. The van der Waals surface area contributed by atoms with Crippen LogP contribution in [0.15, 0.2) is 42.7 Å². The molecule has 122 valence electrons. The second kappa shape index (κ2) is 6.96. The predicted molar refractivity (Wildman–Crippen MR) is 90.1 cm³/mol. The number of carbonyl (C=O) groups is 1. The Bertz CT molecular complexity index is 652. The quantitative estimate of drug-likeness (QED) is 0.943. The van der Waals surface area contributed by atoms with E-state index >= 15 is 0 Å². The molecule has 2 aromatic rings. The minimum atomic E-state index is -0.0303. The molecule has 0 saturated carbocycles. The van der Waals surface area contributed by atoms with E-state index in [4.69, 9.17) is 0 Å². The van der Waals surface area contributed by atoms with E-state index in [-0.39, 0.29) is 11.9 Å². The zero-order chi connectivity index (χ0) is 16.2. The Morgan fingerprint density at radius 3 is 2.83 bits per heavy atom. The van der Waals surface area contributed by atoms with Crippen LogP contribution < -0.4 is 5.32 Å². The maximum absolute atomic E-state index is 12.3. The van der Waals surface area contributed by atoms with E-state index in [1.807, 2.05) is 13.1 Å². The molecule has 1 aliphatic rings. The summed E-state index contributed by atoms with van der Waals surface area (Å²) in [7, 11) is 1.82. The number of aromatic nitrogens is 2. The lowest BCUT2D eigenvalue weighted by molar-refractivity contribution is 0.0880. The standard InChI is InChI=1S/C18H24N4O/c1-14(15-7-4-3-5-8-15)22-10-6-9-17(13-22)20-18(23)16-11-19-21(2)12-16/h3-5,7-8,11-12,14,17H,6,9-10,13H2,1-2H3,(H,20,23). The van der Waals surface area contributed by atoms with Crippen molar-refractivity contribution in [2.75, 3.05) is 13.1 Å². The van der Waals surface area contributed by atoms with Gasteiger partial charge >= 0.3 is 0 Å². The third-order valence-corrected chi connectivity index (χ3v) is 4.58. The number of nitrogens with zero attached hydrogens (tertiary/aromatic N) is 3. The summed E-state index contributed by atoms with van der Waals surface area (Å²) in [5.74, 6) is -0.0303. The fraction of sp³-hybridized carbons (Fsp3) is 0.444. The molecular weight excluding hydrogens is 288 g/mol. The van der Waals surface area contributed by atoms with Gasteiger partial charge in [0, 0.05) is 31.9 Å². The van der Waals surface area contributed by atoms with Crippen molar-refractivity contribution in [2.24, 2.45) is 7.05 Å². The minimum absolute atomic E-state index is 0.0303. The first kappa shape index (κ1) is 15.7. The zero-order valence-corrected chi connectivity index (χ0v) is 13.8. The fourth-order valence-electron chi connectivity index (χ4n) is 3.23. The van der Waals surface area contributed by atoms with Crippen molar-refractivity contribution >= 4 is 5.91 Å². The lowest BCUT2D eigenvalue weighted by Crippen LogP contribution is -2.48. The van der Waals surface area contributed by atoms with Crippen LogP contribution in [-0.4, -0.2) is 39.7 Å². The van der Waals surface area contributed by atoms with E-state index in [2.05, 4.69) is 46.5 Å². The first-order chi connectivity index (χ1) is 11.1. The molecule has 23 heavy (non-hydrogen) atoms. The molecule has 2 unspecified atom stereocenters. The molecule has 1 saturated heterocycles. The van der Waals surface area contributed by atoms with Crippen LogP contribution in [0, 0.1) is 0 Å². The van der Waals surface area contributed by atoms with E-state index in [0.29, 0.717) is 11.6 Å². The van der Waals surface area contributed by atoms with Crippen molar-refractivity contribution in [3.05, 3.63) is 53.9 Å². The van der Waals surface area contributed by atoms with Crippen molar-refractivity contribution < 1.29 is 4.79 Å². The van der Waals surface area contributed by atoms with E-state index in [9.17, 15) is 4.79 Å². The number of amides is 1. The van der Waals surface area contributed by atoms with Crippen LogP contribution in [0.3, 0.4) is 0 Å². The highest BCUT2D eigenvalue weighted by atomic mass is 16.1. The molecule has 1 fully saturated rings. The van der Waals surface area contributed by atoms with E-state index in [0.717, 1.165) is 25.9 Å². The SMILES string of the molecule is CC(c1ccccc1)N1CCCC(NC(=O)c2cnn(C)c2)C1. The topological polar surface area (TPSA) is 50.2 Å². The maximum Gasteiger partial charge on any atom is 0.254 e.